The van der Waals surface area contributed by atoms with Gasteiger partial charge in [-0.15, -0.1) is 0 Å². The molecule has 4 heteroatoms. The zero-order chi connectivity index (χ0) is 12.5. The van der Waals surface area contributed by atoms with Crippen LogP contribution in [0, 0.1) is 5.92 Å². The molecule has 2 rings (SSSR count). The van der Waals surface area contributed by atoms with Crippen molar-refractivity contribution < 1.29 is 4.74 Å². The molecule has 2 saturated heterocycles. The first-order valence-corrected chi connectivity index (χ1v) is 6.80. The van der Waals surface area contributed by atoms with E-state index in [1.807, 2.05) is 0 Å². The molecule has 3 unspecified atom stereocenters. The van der Waals surface area contributed by atoms with Crippen LogP contribution in [0.2, 0.25) is 0 Å². The molecule has 100 valence electrons. The highest BCUT2D eigenvalue weighted by Crippen LogP contribution is 2.31. The van der Waals surface area contributed by atoms with Crippen LogP contribution in [0.3, 0.4) is 0 Å². The third-order valence-corrected chi connectivity index (χ3v) is 4.79. The summed E-state index contributed by atoms with van der Waals surface area (Å²) in [5.74, 6) is 0.793. The maximum atomic E-state index is 6.03. The molecule has 2 aliphatic heterocycles. The van der Waals surface area contributed by atoms with Crippen LogP contribution in [0.5, 0.6) is 0 Å². The van der Waals surface area contributed by atoms with Gasteiger partial charge in [0.2, 0.25) is 0 Å². The highest BCUT2D eigenvalue weighted by molar-refractivity contribution is 5.00. The minimum atomic E-state index is 0.0706. The van der Waals surface area contributed by atoms with E-state index >= 15 is 0 Å². The number of likely N-dealkylation sites (tertiary alicyclic amines) is 1. The smallest absolute Gasteiger partial charge is 0.0743 e. The maximum Gasteiger partial charge on any atom is 0.0743 e. The van der Waals surface area contributed by atoms with Crippen LogP contribution in [0.15, 0.2) is 0 Å². The molecule has 0 spiro atoms. The van der Waals surface area contributed by atoms with Crippen molar-refractivity contribution in [3.8, 4) is 0 Å². The Morgan fingerprint density at radius 3 is 2.76 bits per heavy atom. The van der Waals surface area contributed by atoms with Crippen LogP contribution in [0.4, 0.5) is 0 Å². The molecule has 2 aliphatic rings. The number of likely N-dealkylation sites (N-methyl/N-ethyl adjacent to an activating group) is 1. The standard InChI is InChI=1S/C13H27N3O/c1-11-13(10-14,5-7-17-11)16(3)9-12-4-6-15(2)8-12/h11-12H,4-10,14H2,1-3H3. The summed E-state index contributed by atoms with van der Waals surface area (Å²) in [6.45, 7) is 7.33. The Balaban J connectivity index is 1.95. The van der Waals surface area contributed by atoms with Crippen molar-refractivity contribution in [2.45, 2.75) is 31.4 Å². The zero-order valence-electron chi connectivity index (χ0n) is 11.5. The molecular formula is C13H27N3O. The van der Waals surface area contributed by atoms with Gasteiger partial charge in [0, 0.05) is 26.2 Å². The Kier molecular flexibility index (Phi) is 4.08. The summed E-state index contributed by atoms with van der Waals surface area (Å²) in [6.07, 6.45) is 2.65. The van der Waals surface area contributed by atoms with Crippen molar-refractivity contribution in [2.24, 2.45) is 11.7 Å². The second kappa shape index (κ2) is 5.22. The lowest BCUT2D eigenvalue weighted by Crippen LogP contribution is -2.57. The molecule has 0 aliphatic carbocycles. The van der Waals surface area contributed by atoms with Gasteiger partial charge < -0.3 is 15.4 Å². The number of rotatable bonds is 4. The lowest BCUT2D eigenvalue weighted by Gasteiger charge is -2.41. The van der Waals surface area contributed by atoms with E-state index < -0.39 is 0 Å². The van der Waals surface area contributed by atoms with Gasteiger partial charge in [-0.05, 0) is 46.3 Å². The molecule has 2 N–H and O–H groups in total. The van der Waals surface area contributed by atoms with Crippen LogP contribution in [-0.4, -0.2) is 68.3 Å². The molecule has 0 bridgehead atoms. The Labute approximate surface area is 105 Å². The molecule has 17 heavy (non-hydrogen) atoms. The summed E-state index contributed by atoms with van der Waals surface area (Å²) < 4.78 is 5.73. The third kappa shape index (κ3) is 2.50. The van der Waals surface area contributed by atoms with Gasteiger partial charge >= 0.3 is 0 Å². The Morgan fingerprint density at radius 2 is 2.29 bits per heavy atom. The summed E-state index contributed by atoms with van der Waals surface area (Å²) in [5.41, 5.74) is 6.10. The van der Waals surface area contributed by atoms with Crippen molar-refractivity contribution in [3.05, 3.63) is 0 Å². The lowest BCUT2D eigenvalue weighted by molar-refractivity contribution is 0.0217. The maximum absolute atomic E-state index is 6.03. The van der Waals surface area contributed by atoms with Gasteiger partial charge in [0.05, 0.1) is 11.6 Å². The molecule has 0 amide bonds. The van der Waals surface area contributed by atoms with Crippen molar-refractivity contribution in [1.82, 2.24) is 9.80 Å². The molecule has 0 radical (unpaired) electrons. The van der Waals surface area contributed by atoms with E-state index in [4.69, 9.17) is 10.5 Å². The first-order valence-electron chi connectivity index (χ1n) is 6.80. The van der Waals surface area contributed by atoms with Crippen molar-refractivity contribution in [2.75, 3.05) is 46.9 Å². The third-order valence-electron chi connectivity index (χ3n) is 4.79. The molecule has 4 nitrogen and oxygen atoms in total. The van der Waals surface area contributed by atoms with Crippen molar-refractivity contribution >= 4 is 0 Å². The van der Waals surface area contributed by atoms with Crippen molar-refractivity contribution in [1.29, 1.82) is 0 Å². The summed E-state index contributed by atoms with van der Waals surface area (Å²) in [5, 5.41) is 0. The topological polar surface area (TPSA) is 41.7 Å². The van der Waals surface area contributed by atoms with E-state index in [9.17, 15) is 0 Å². The second-order valence-corrected chi connectivity index (χ2v) is 5.87. The van der Waals surface area contributed by atoms with E-state index in [0.29, 0.717) is 6.54 Å². The van der Waals surface area contributed by atoms with Crippen LogP contribution in [0.1, 0.15) is 19.8 Å². The van der Waals surface area contributed by atoms with Gasteiger partial charge in [0.15, 0.2) is 0 Å². The molecule has 2 heterocycles. The first-order chi connectivity index (χ1) is 8.08. The van der Waals surface area contributed by atoms with E-state index in [1.165, 1.54) is 19.5 Å². The minimum absolute atomic E-state index is 0.0706. The molecule has 3 atom stereocenters. The SMILES string of the molecule is CC1OCCC1(CN)N(C)CC1CCN(C)C1. The van der Waals surface area contributed by atoms with Crippen LogP contribution < -0.4 is 5.73 Å². The molecular weight excluding hydrogens is 214 g/mol. The molecule has 2 fully saturated rings. The Bertz CT molecular complexity index is 261. The fourth-order valence-corrected chi connectivity index (χ4v) is 3.44. The monoisotopic (exact) mass is 241 g/mol. The molecule has 0 saturated carbocycles. The predicted molar refractivity (Wildman–Crippen MR) is 70.1 cm³/mol. The summed E-state index contributed by atoms with van der Waals surface area (Å²) in [6, 6.07) is 0. The van der Waals surface area contributed by atoms with Gasteiger partial charge in [0.1, 0.15) is 0 Å². The largest absolute Gasteiger partial charge is 0.376 e. The average Bonchev–Trinajstić information content (AvgIpc) is 2.86. The van der Waals surface area contributed by atoms with E-state index in [2.05, 4.69) is 30.8 Å². The first kappa shape index (κ1) is 13.3. The number of hydrogen-bond donors (Lipinski definition) is 1. The van der Waals surface area contributed by atoms with Crippen LogP contribution >= 0.6 is 0 Å². The average molecular weight is 241 g/mol. The Morgan fingerprint density at radius 1 is 1.53 bits per heavy atom. The highest BCUT2D eigenvalue weighted by atomic mass is 16.5. The fraction of sp³-hybridized carbons (Fsp3) is 1.00. The van der Waals surface area contributed by atoms with Gasteiger partial charge in [-0.3, -0.25) is 4.90 Å². The Hall–Kier alpha value is -0.160. The number of nitrogens with two attached hydrogens (primary N) is 1. The number of ether oxygens (including phenoxy) is 1. The fourth-order valence-electron chi connectivity index (χ4n) is 3.44. The van der Waals surface area contributed by atoms with E-state index in [1.54, 1.807) is 0 Å². The quantitative estimate of drug-likeness (QED) is 0.772. The molecule has 0 aromatic heterocycles. The van der Waals surface area contributed by atoms with Crippen LogP contribution in [0.25, 0.3) is 0 Å². The highest BCUT2D eigenvalue weighted by Gasteiger charge is 2.44. The second-order valence-electron chi connectivity index (χ2n) is 5.87. The summed E-state index contributed by atoms with van der Waals surface area (Å²) >= 11 is 0. The minimum Gasteiger partial charge on any atom is -0.376 e. The summed E-state index contributed by atoms with van der Waals surface area (Å²) in [4.78, 5) is 4.89. The zero-order valence-corrected chi connectivity index (χ0v) is 11.5. The van der Waals surface area contributed by atoms with Gasteiger partial charge in [-0.2, -0.15) is 0 Å². The number of nitrogens with zero attached hydrogens (tertiary/aromatic N) is 2. The van der Waals surface area contributed by atoms with Gasteiger partial charge in [-0.25, -0.2) is 0 Å². The molecule has 0 aromatic carbocycles. The van der Waals surface area contributed by atoms with Gasteiger partial charge in [-0.1, -0.05) is 0 Å². The van der Waals surface area contributed by atoms with Crippen molar-refractivity contribution in [3.63, 3.8) is 0 Å². The lowest BCUT2D eigenvalue weighted by atomic mass is 9.89. The van der Waals surface area contributed by atoms with Gasteiger partial charge in [0.25, 0.3) is 0 Å². The van der Waals surface area contributed by atoms with Crippen LogP contribution in [-0.2, 0) is 4.74 Å². The van der Waals surface area contributed by atoms with E-state index in [0.717, 1.165) is 25.5 Å². The summed E-state index contributed by atoms with van der Waals surface area (Å²) in [7, 11) is 4.43. The number of hydrogen-bond acceptors (Lipinski definition) is 4. The molecule has 0 aromatic rings. The van der Waals surface area contributed by atoms with E-state index in [-0.39, 0.29) is 11.6 Å². The predicted octanol–water partition coefficient (Wildman–Crippen LogP) is 0.376. The normalized spacial score (nSPS) is 39.4.